The average molecular weight is 406 g/mol. The van der Waals surface area contributed by atoms with Gasteiger partial charge in [0.15, 0.2) is 5.78 Å². The highest BCUT2D eigenvalue weighted by Crippen LogP contribution is 2.24. The Hall–Kier alpha value is -2.95. The van der Waals surface area contributed by atoms with E-state index in [-0.39, 0.29) is 17.8 Å². The molecule has 0 spiro atoms. The van der Waals surface area contributed by atoms with Gasteiger partial charge in [0.25, 0.3) is 5.91 Å². The number of hydrogen-bond donors (Lipinski definition) is 0. The third kappa shape index (κ3) is 4.24. The Balaban J connectivity index is 1.59. The summed E-state index contributed by atoms with van der Waals surface area (Å²) in [6.07, 6.45) is -0.173. The normalized spacial score (nSPS) is 16.4. The van der Waals surface area contributed by atoms with Gasteiger partial charge in [-0.2, -0.15) is 0 Å². The summed E-state index contributed by atoms with van der Waals surface area (Å²) in [5, 5.41) is 0.561. The lowest BCUT2D eigenvalue weighted by Crippen LogP contribution is -2.42. The molecular formula is C24H20ClNO3. The molecule has 1 amide bonds. The lowest BCUT2D eigenvalue weighted by Gasteiger charge is -2.33. The number of halogens is 1. The molecule has 3 aromatic rings. The van der Waals surface area contributed by atoms with E-state index in [1.54, 1.807) is 53.4 Å². The number of hydrogen-bond acceptors (Lipinski definition) is 3. The molecule has 4 rings (SSSR count). The monoisotopic (exact) mass is 405 g/mol. The van der Waals surface area contributed by atoms with Crippen molar-refractivity contribution in [2.24, 2.45) is 0 Å². The Morgan fingerprint density at radius 2 is 1.52 bits per heavy atom. The van der Waals surface area contributed by atoms with Crippen LogP contribution in [0.5, 0.6) is 0 Å². The zero-order chi connectivity index (χ0) is 20.2. The van der Waals surface area contributed by atoms with Gasteiger partial charge in [0.2, 0.25) is 0 Å². The van der Waals surface area contributed by atoms with Gasteiger partial charge in [-0.25, -0.2) is 0 Å². The number of carbonyl (C=O) groups excluding carboxylic acids is 2. The van der Waals surface area contributed by atoms with Crippen LogP contribution in [0.3, 0.4) is 0 Å². The molecule has 4 nitrogen and oxygen atoms in total. The van der Waals surface area contributed by atoms with Crippen LogP contribution in [0, 0.1) is 0 Å². The second kappa shape index (κ2) is 8.60. The maximum Gasteiger partial charge on any atom is 0.254 e. The number of amides is 1. The van der Waals surface area contributed by atoms with E-state index in [2.05, 4.69) is 0 Å². The topological polar surface area (TPSA) is 46.6 Å². The van der Waals surface area contributed by atoms with Crippen LogP contribution < -0.4 is 0 Å². The summed E-state index contributed by atoms with van der Waals surface area (Å²) >= 11 is 5.93. The van der Waals surface area contributed by atoms with Gasteiger partial charge in [-0.15, -0.1) is 0 Å². The van der Waals surface area contributed by atoms with Gasteiger partial charge in [0, 0.05) is 22.7 Å². The van der Waals surface area contributed by atoms with Crippen molar-refractivity contribution in [2.75, 3.05) is 19.7 Å². The smallest absolute Gasteiger partial charge is 0.254 e. The van der Waals surface area contributed by atoms with Gasteiger partial charge < -0.3 is 9.64 Å². The fourth-order valence-corrected chi connectivity index (χ4v) is 3.62. The molecule has 0 aliphatic carbocycles. The molecule has 1 saturated heterocycles. The van der Waals surface area contributed by atoms with E-state index in [1.807, 2.05) is 30.3 Å². The summed E-state index contributed by atoms with van der Waals surface area (Å²) in [6.45, 7) is 1.40. The minimum atomic E-state index is -0.196. The van der Waals surface area contributed by atoms with E-state index in [0.717, 1.165) is 5.56 Å². The van der Waals surface area contributed by atoms with Gasteiger partial charge in [0.05, 0.1) is 18.7 Å². The summed E-state index contributed by atoms with van der Waals surface area (Å²) < 4.78 is 5.87. The summed E-state index contributed by atoms with van der Waals surface area (Å²) in [6, 6.07) is 23.5. The first-order valence-corrected chi connectivity index (χ1v) is 9.86. The molecule has 1 aliphatic heterocycles. The number of ketones is 1. The first kappa shape index (κ1) is 19.4. The molecule has 1 fully saturated rings. The van der Waals surface area contributed by atoms with Crippen molar-refractivity contribution in [1.82, 2.24) is 4.90 Å². The fourth-order valence-electron chi connectivity index (χ4n) is 3.50. The van der Waals surface area contributed by atoms with Crippen LogP contribution in [-0.4, -0.2) is 36.3 Å². The van der Waals surface area contributed by atoms with Crippen LogP contribution in [0.25, 0.3) is 0 Å². The Morgan fingerprint density at radius 3 is 2.24 bits per heavy atom. The van der Waals surface area contributed by atoms with E-state index in [9.17, 15) is 9.59 Å². The second-order valence-electron chi connectivity index (χ2n) is 6.90. The summed E-state index contributed by atoms with van der Waals surface area (Å²) in [5.74, 6) is -0.356. The number of rotatable bonds is 4. The van der Waals surface area contributed by atoms with Crippen molar-refractivity contribution in [3.05, 3.63) is 106 Å². The molecule has 1 aliphatic rings. The number of nitrogens with zero attached hydrogens (tertiary/aromatic N) is 1. The number of ether oxygens (including phenoxy) is 1. The number of morpholine rings is 1. The minimum Gasteiger partial charge on any atom is -0.370 e. The Morgan fingerprint density at radius 1 is 0.862 bits per heavy atom. The predicted molar refractivity (Wildman–Crippen MR) is 112 cm³/mol. The third-order valence-corrected chi connectivity index (χ3v) is 5.29. The summed E-state index contributed by atoms with van der Waals surface area (Å²) in [7, 11) is 0. The highest BCUT2D eigenvalue weighted by Gasteiger charge is 2.28. The number of carbonyl (C=O) groups is 2. The van der Waals surface area contributed by atoms with E-state index < -0.39 is 0 Å². The highest BCUT2D eigenvalue weighted by molar-refractivity contribution is 6.30. The van der Waals surface area contributed by atoms with Gasteiger partial charge in [-0.05, 0) is 35.9 Å². The van der Waals surface area contributed by atoms with Gasteiger partial charge >= 0.3 is 0 Å². The van der Waals surface area contributed by atoms with Crippen LogP contribution in [0.4, 0.5) is 0 Å². The third-order valence-electron chi connectivity index (χ3n) is 5.03. The molecule has 1 heterocycles. The van der Waals surface area contributed by atoms with Crippen LogP contribution in [0.1, 0.15) is 37.9 Å². The molecule has 0 radical (unpaired) electrons. The molecular weight excluding hydrogens is 386 g/mol. The van der Waals surface area contributed by atoms with E-state index in [1.165, 1.54) is 0 Å². The molecule has 0 bridgehead atoms. The minimum absolute atomic E-state index is 0.160. The molecule has 5 heteroatoms. The molecule has 3 aromatic carbocycles. The largest absolute Gasteiger partial charge is 0.370 e. The average Bonchev–Trinajstić information content (AvgIpc) is 2.79. The Labute approximate surface area is 174 Å². The van der Waals surface area contributed by atoms with Crippen LogP contribution >= 0.6 is 11.6 Å². The van der Waals surface area contributed by atoms with Gasteiger partial charge in [-0.1, -0.05) is 60.1 Å². The quantitative estimate of drug-likeness (QED) is 0.586. The standard InChI is InChI=1S/C24H20ClNO3/c25-19-12-10-18(11-13-19)23(27)20-8-4-5-9-21(20)24(28)26-14-15-29-22(16-26)17-6-2-1-3-7-17/h1-13,22H,14-16H2/t22-/m0/s1. The second-order valence-corrected chi connectivity index (χ2v) is 7.34. The zero-order valence-electron chi connectivity index (χ0n) is 15.8. The molecule has 0 aromatic heterocycles. The van der Waals surface area contributed by atoms with Crippen molar-refractivity contribution in [3.8, 4) is 0 Å². The van der Waals surface area contributed by atoms with E-state index in [0.29, 0.717) is 41.4 Å². The Bertz CT molecular complexity index is 1020. The van der Waals surface area contributed by atoms with Crippen molar-refractivity contribution >= 4 is 23.3 Å². The SMILES string of the molecule is O=C(c1ccc(Cl)cc1)c1ccccc1C(=O)N1CCO[C@H](c2ccccc2)C1. The van der Waals surface area contributed by atoms with Crippen LogP contribution in [0.15, 0.2) is 78.9 Å². The van der Waals surface area contributed by atoms with Crippen molar-refractivity contribution in [1.29, 1.82) is 0 Å². The van der Waals surface area contributed by atoms with Crippen molar-refractivity contribution in [3.63, 3.8) is 0 Å². The summed E-state index contributed by atoms with van der Waals surface area (Å²) in [5.41, 5.74) is 2.33. The van der Waals surface area contributed by atoms with E-state index >= 15 is 0 Å². The number of benzene rings is 3. The lowest BCUT2D eigenvalue weighted by molar-refractivity contribution is -0.0228. The molecule has 29 heavy (non-hydrogen) atoms. The predicted octanol–water partition coefficient (Wildman–Crippen LogP) is 4.78. The fraction of sp³-hybridized carbons (Fsp3) is 0.167. The van der Waals surface area contributed by atoms with Gasteiger partial charge in [0.1, 0.15) is 6.10 Å². The van der Waals surface area contributed by atoms with Crippen LogP contribution in [-0.2, 0) is 4.74 Å². The van der Waals surface area contributed by atoms with Crippen LogP contribution in [0.2, 0.25) is 5.02 Å². The first-order valence-electron chi connectivity index (χ1n) is 9.48. The summed E-state index contributed by atoms with van der Waals surface area (Å²) in [4.78, 5) is 28.1. The van der Waals surface area contributed by atoms with Crippen molar-refractivity contribution < 1.29 is 14.3 Å². The van der Waals surface area contributed by atoms with E-state index in [4.69, 9.17) is 16.3 Å². The maximum atomic E-state index is 13.3. The molecule has 0 saturated carbocycles. The molecule has 0 unspecified atom stereocenters. The zero-order valence-corrected chi connectivity index (χ0v) is 16.5. The first-order chi connectivity index (χ1) is 14.1. The highest BCUT2D eigenvalue weighted by atomic mass is 35.5. The molecule has 0 N–H and O–H groups in total. The Kier molecular flexibility index (Phi) is 5.74. The molecule has 1 atom stereocenters. The van der Waals surface area contributed by atoms with Gasteiger partial charge in [-0.3, -0.25) is 9.59 Å². The molecule has 146 valence electrons. The van der Waals surface area contributed by atoms with Crippen molar-refractivity contribution in [2.45, 2.75) is 6.10 Å². The maximum absolute atomic E-state index is 13.3. The lowest BCUT2D eigenvalue weighted by atomic mass is 9.97.